The smallest absolute Gasteiger partial charge is 0.220 e. The summed E-state index contributed by atoms with van der Waals surface area (Å²) in [6, 6.07) is -0.637. The van der Waals surface area contributed by atoms with E-state index < -0.39 is 12.1 Å². The largest absolute Gasteiger partial charge is 0.394 e. The number of hydrogen-bond acceptors (Lipinski definition) is 3. The molecular weight excluding hydrogens is 843 g/mol. The van der Waals surface area contributed by atoms with Crippen LogP contribution >= 0.6 is 0 Å². The highest BCUT2D eigenvalue weighted by Crippen LogP contribution is 2.18. The maximum absolute atomic E-state index is 12.5. The first-order chi connectivity index (χ1) is 34.2. The lowest BCUT2D eigenvalue weighted by Crippen LogP contribution is -2.45. The second-order valence-corrected chi connectivity index (χ2v) is 21.8. The number of allylic oxidation sites excluding steroid dienone is 5. The van der Waals surface area contributed by atoms with Crippen LogP contribution in [-0.4, -0.2) is 34.9 Å². The number of rotatable bonds is 59. The van der Waals surface area contributed by atoms with Crippen molar-refractivity contribution >= 4 is 5.91 Å². The maximum atomic E-state index is 12.5. The van der Waals surface area contributed by atoms with E-state index in [9.17, 15) is 15.0 Å². The summed E-state index contributed by atoms with van der Waals surface area (Å²) in [6.45, 7) is 4.32. The van der Waals surface area contributed by atoms with Crippen molar-refractivity contribution in [3.05, 3.63) is 36.5 Å². The molecule has 0 fully saturated rings. The summed E-state index contributed by atoms with van der Waals surface area (Å²) in [5.41, 5.74) is 0. The SMILES string of the molecule is CCCCCCCCCC/C=C\CCCCCCCCCCCCCCCCCCCCCCCCCCCCCCCC(=O)NC(CO)C(O)/C=C/CC/C=C/CCCCCCCCCCCC. The Labute approximate surface area is 433 Å². The molecule has 2 atom stereocenters. The van der Waals surface area contributed by atoms with E-state index in [4.69, 9.17) is 0 Å². The van der Waals surface area contributed by atoms with E-state index in [-0.39, 0.29) is 12.5 Å². The number of carbonyl (C=O) groups is 1. The van der Waals surface area contributed by atoms with Gasteiger partial charge < -0.3 is 15.5 Å². The molecule has 0 saturated heterocycles. The summed E-state index contributed by atoms with van der Waals surface area (Å²) in [4.78, 5) is 12.5. The van der Waals surface area contributed by atoms with E-state index in [0.29, 0.717) is 6.42 Å². The fraction of sp³-hybridized carbons (Fsp3) is 0.892. The number of hydrogen-bond donors (Lipinski definition) is 3. The maximum Gasteiger partial charge on any atom is 0.220 e. The van der Waals surface area contributed by atoms with E-state index >= 15 is 0 Å². The molecule has 0 saturated carbocycles. The van der Waals surface area contributed by atoms with Crippen molar-refractivity contribution in [1.29, 1.82) is 0 Å². The molecule has 1 amide bonds. The highest BCUT2D eigenvalue weighted by molar-refractivity contribution is 5.76. The summed E-state index contributed by atoms with van der Waals surface area (Å²) >= 11 is 0. The van der Waals surface area contributed by atoms with Crippen LogP contribution in [0.3, 0.4) is 0 Å². The summed E-state index contributed by atoms with van der Waals surface area (Å²) in [5.74, 6) is -0.0674. The lowest BCUT2D eigenvalue weighted by molar-refractivity contribution is -0.123. The molecular formula is C65H125NO3. The highest BCUT2D eigenvalue weighted by atomic mass is 16.3. The van der Waals surface area contributed by atoms with Gasteiger partial charge in [0.25, 0.3) is 0 Å². The Kier molecular flexibility index (Phi) is 59.7. The zero-order chi connectivity index (χ0) is 49.9. The number of aliphatic hydroxyl groups is 2. The monoisotopic (exact) mass is 968 g/mol. The Balaban J connectivity index is 3.37. The standard InChI is InChI=1S/C65H125NO3/c1-3-5-7-9-11-13-15-17-19-21-22-23-24-25-26-27-28-29-30-31-32-33-34-35-36-37-38-39-40-41-42-43-44-45-47-49-51-53-55-57-59-61-65(69)66-63(62-67)64(68)60-58-56-54-52-50-48-46-20-18-16-14-12-10-8-6-4-2/h21-22,50,52,58,60,63-64,67-68H,3-20,23-49,51,53-57,59,61-62H2,1-2H3,(H,66,69)/b22-21-,52-50+,60-58+. The Bertz CT molecular complexity index is 1050. The van der Waals surface area contributed by atoms with Crippen molar-refractivity contribution in [3.8, 4) is 0 Å². The van der Waals surface area contributed by atoms with Gasteiger partial charge in [0.05, 0.1) is 18.8 Å². The third kappa shape index (κ3) is 57.4. The molecule has 0 aliphatic heterocycles. The molecule has 0 aromatic rings. The Hall–Kier alpha value is -1.39. The van der Waals surface area contributed by atoms with Crippen LogP contribution in [0.4, 0.5) is 0 Å². The molecule has 0 aliphatic carbocycles. The zero-order valence-electron chi connectivity index (χ0n) is 47.1. The van der Waals surface area contributed by atoms with E-state index in [1.54, 1.807) is 6.08 Å². The molecule has 0 aromatic carbocycles. The van der Waals surface area contributed by atoms with Crippen LogP contribution in [0.15, 0.2) is 36.5 Å². The second kappa shape index (κ2) is 60.9. The molecule has 0 bridgehead atoms. The van der Waals surface area contributed by atoms with Gasteiger partial charge in [0.1, 0.15) is 0 Å². The molecule has 0 radical (unpaired) electrons. The normalized spacial score (nSPS) is 12.9. The summed E-state index contributed by atoms with van der Waals surface area (Å²) in [6.07, 6.45) is 83.6. The molecule has 3 N–H and O–H groups in total. The van der Waals surface area contributed by atoms with Crippen molar-refractivity contribution in [2.45, 2.75) is 366 Å². The average Bonchev–Trinajstić information content (AvgIpc) is 3.35. The summed E-state index contributed by atoms with van der Waals surface area (Å²) in [7, 11) is 0. The summed E-state index contributed by atoms with van der Waals surface area (Å²) in [5, 5.41) is 23.1. The van der Waals surface area contributed by atoms with E-state index in [1.807, 2.05) is 6.08 Å². The number of unbranched alkanes of at least 4 members (excludes halogenated alkanes) is 48. The first-order valence-electron chi connectivity index (χ1n) is 31.7. The third-order valence-electron chi connectivity index (χ3n) is 14.8. The van der Waals surface area contributed by atoms with E-state index in [1.165, 1.54) is 302 Å². The molecule has 0 aliphatic rings. The topological polar surface area (TPSA) is 69.6 Å². The predicted molar refractivity (Wildman–Crippen MR) is 308 cm³/mol. The Morgan fingerprint density at radius 2 is 0.565 bits per heavy atom. The molecule has 4 heteroatoms. The van der Waals surface area contributed by atoms with Crippen LogP contribution in [0.2, 0.25) is 0 Å². The van der Waals surface area contributed by atoms with Crippen molar-refractivity contribution in [3.63, 3.8) is 0 Å². The van der Waals surface area contributed by atoms with Crippen LogP contribution in [0.1, 0.15) is 354 Å². The van der Waals surface area contributed by atoms with Gasteiger partial charge in [-0.2, -0.15) is 0 Å². The number of nitrogens with one attached hydrogen (secondary N) is 1. The van der Waals surface area contributed by atoms with Gasteiger partial charge in [-0.05, 0) is 57.8 Å². The predicted octanol–water partition coefficient (Wildman–Crippen LogP) is 21.2. The van der Waals surface area contributed by atoms with Gasteiger partial charge in [-0.25, -0.2) is 0 Å². The minimum absolute atomic E-state index is 0.0674. The minimum Gasteiger partial charge on any atom is -0.394 e. The number of aliphatic hydroxyl groups excluding tert-OH is 2. The van der Waals surface area contributed by atoms with Crippen LogP contribution in [0, 0.1) is 0 Å². The van der Waals surface area contributed by atoms with Crippen molar-refractivity contribution in [2.75, 3.05) is 6.61 Å². The summed E-state index contributed by atoms with van der Waals surface area (Å²) < 4.78 is 0. The fourth-order valence-electron chi connectivity index (χ4n) is 10.0. The van der Waals surface area contributed by atoms with E-state index in [2.05, 4.69) is 43.5 Å². The minimum atomic E-state index is -0.860. The van der Waals surface area contributed by atoms with Crippen molar-refractivity contribution < 1.29 is 15.0 Å². The van der Waals surface area contributed by atoms with Gasteiger partial charge in [-0.1, -0.05) is 326 Å². The van der Waals surface area contributed by atoms with Crippen molar-refractivity contribution in [2.24, 2.45) is 0 Å². The van der Waals surface area contributed by atoms with Crippen LogP contribution in [0.5, 0.6) is 0 Å². The van der Waals surface area contributed by atoms with Gasteiger partial charge in [0.2, 0.25) is 5.91 Å². The van der Waals surface area contributed by atoms with Gasteiger partial charge in [-0.3, -0.25) is 4.79 Å². The van der Waals surface area contributed by atoms with Crippen LogP contribution < -0.4 is 5.32 Å². The first kappa shape index (κ1) is 67.6. The first-order valence-corrected chi connectivity index (χ1v) is 31.7. The molecule has 0 rings (SSSR count). The zero-order valence-corrected chi connectivity index (χ0v) is 47.1. The molecule has 408 valence electrons. The number of carbonyl (C=O) groups excluding carboxylic acids is 1. The molecule has 2 unspecified atom stereocenters. The Morgan fingerprint density at radius 1 is 0.333 bits per heavy atom. The molecule has 4 nitrogen and oxygen atoms in total. The number of amides is 1. The molecule has 69 heavy (non-hydrogen) atoms. The lowest BCUT2D eigenvalue weighted by Gasteiger charge is -2.19. The second-order valence-electron chi connectivity index (χ2n) is 21.8. The van der Waals surface area contributed by atoms with Gasteiger partial charge >= 0.3 is 0 Å². The van der Waals surface area contributed by atoms with Gasteiger partial charge in [0.15, 0.2) is 0 Å². The highest BCUT2D eigenvalue weighted by Gasteiger charge is 2.18. The average molecular weight is 969 g/mol. The third-order valence-corrected chi connectivity index (χ3v) is 14.8. The molecule has 0 heterocycles. The fourth-order valence-corrected chi connectivity index (χ4v) is 10.0. The molecule has 0 aromatic heterocycles. The van der Waals surface area contributed by atoms with Gasteiger partial charge in [0, 0.05) is 6.42 Å². The Morgan fingerprint density at radius 3 is 0.841 bits per heavy atom. The molecule has 0 spiro atoms. The van der Waals surface area contributed by atoms with Crippen molar-refractivity contribution in [1.82, 2.24) is 5.32 Å². The lowest BCUT2D eigenvalue weighted by atomic mass is 10.0. The van der Waals surface area contributed by atoms with E-state index in [0.717, 1.165) is 32.1 Å². The quantitative estimate of drug-likeness (QED) is 0.0420. The van der Waals surface area contributed by atoms with Gasteiger partial charge in [-0.15, -0.1) is 0 Å². The van der Waals surface area contributed by atoms with Crippen LogP contribution in [-0.2, 0) is 4.79 Å². The van der Waals surface area contributed by atoms with Crippen LogP contribution in [0.25, 0.3) is 0 Å².